The van der Waals surface area contributed by atoms with Gasteiger partial charge in [0.05, 0.1) is 0 Å². The van der Waals surface area contributed by atoms with Crippen LogP contribution in [-0.2, 0) is 6.42 Å². The fraction of sp³-hybridized carbons (Fsp3) is 0.0625. The van der Waals surface area contributed by atoms with E-state index in [1.165, 1.54) is 18.2 Å². The molecule has 0 fully saturated rings. The van der Waals surface area contributed by atoms with Crippen LogP contribution in [0.1, 0.15) is 16.1 Å². The van der Waals surface area contributed by atoms with Gasteiger partial charge < -0.3 is 4.42 Å². The van der Waals surface area contributed by atoms with E-state index in [1.807, 2.05) is 6.07 Å². The van der Waals surface area contributed by atoms with Crippen LogP contribution in [0.15, 0.2) is 52.9 Å². The molecule has 2 nitrogen and oxygen atoms in total. The summed E-state index contributed by atoms with van der Waals surface area (Å²) in [6.45, 7) is 0. The molecule has 0 radical (unpaired) electrons. The number of furan rings is 1. The molecule has 0 atom stereocenters. The fourth-order valence-electron chi connectivity index (χ4n) is 2.05. The molecule has 0 saturated heterocycles. The van der Waals surface area contributed by atoms with Crippen molar-refractivity contribution in [1.29, 1.82) is 0 Å². The molecule has 1 aromatic heterocycles. The van der Waals surface area contributed by atoms with Crippen LogP contribution in [0.4, 0.5) is 4.39 Å². The van der Waals surface area contributed by atoms with Crippen LogP contribution >= 0.6 is 11.6 Å². The Hall–Kier alpha value is -2.13. The smallest absolute Gasteiger partial charge is 0.202 e. The van der Waals surface area contributed by atoms with Crippen molar-refractivity contribution in [3.8, 4) is 0 Å². The lowest BCUT2D eigenvalue weighted by molar-refractivity contribution is 0.0968. The van der Waals surface area contributed by atoms with Crippen molar-refractivity contribution in [1.82, 2.24) is 0 Å². The third kappa shape index (κ3) is 2.45. The van der Waals surface area contributed by atoms with Gasteiger partial charge in [-0.15, -0.1) is 0 Å². The predicted molar refractivity (Wildman–Crippen MR) is 75.7 cm³/mol. The van der Waals surface area contributed by atoms with Gasteiger partial charge in [-0.05, 0) is 35.9 Å². The number of rotatable bonds is 3. The number of carbonyl (C=O) groups is 1. The minimum absolute atomic E-state index is 0.155. The van der Waals surface area contributed by atoms with E-state index in [0.717, 1.165) is 5.56 Å². The predicted octanol–water partition coefficient (Wildman–Crippen LogP) is 4.65. The zero-order valence-electron chi connectivity index (χ0n) is 10.4. The first kappa shape index (κ1) is 12.9. The molecule has 0 aliphatic carbocycles. The number of hydrogen-bond acceptors (Lipinski definition) is 2. The lowest BCUT2D eigenvalue weighted by Crippen LogP contribution is -2.02. The van der Waals surface area contributed by atoms with E-state index in [0.29, 0.717) is 16.0 Å². The van der Waals surface area contributed by atoms with Gasteiger partial charge >= 0.3 is 0 Å². The summed E-state index contributed by atoms with van der Waals surface area (Å²) >= 11 is 6.02. The Morgan fingerprint density at radius 2 is 1.95 bits per heavy atom. The normalized spacial score (nSPS) is 10.9. The maximum absolute atomic E-state index is 13.1. The quantitative estimate of drug-likeness (QED) is 0.657. The van der Waals surface area contributed by atoms with Crippen molar-refractivity contribution in [2.45, 2.75) is 6.42 Å². The number of Topliss-reactive ketones (excluding diaryl/α,β-unsaturated/α-hetero) is 1. The molecule has 0 spiro atoms. The number of ketones is 1. The first-order chi connectivity index (χ1) is 9.63. The third-order valence-corrected chi connectivity index (χ3v) is 3.43. The summed E-state index contributed by atoms with van der Waals surface area (Å²) in [4.78, 5) is 12.2. The standard InChI is InChI=1S/C16H10ClFO2/c17-13-4-2-1-3-10(13)8-14(19)16-9-11-7-12(18)5-6-15(11)20-16/h1-7,9H,8H2. The lowest BCUT2D eigenvalue weighted by atomic mass is 10.1. The maximum atomic E-state index is 13.1. The Balaban J connectivity index is 1.91. The molecule has 0 bridgehead atoms. The highest BCUT2D eigenvalue weighted by molar-refractivity contribution is 6.31. The molecule has 0 saturated carbocycles. The summed E-state index contributed by atoms with van der Waals surface area (Å²) in [7, 11) is 0. The third-order valence-electron chi connectivity index (χ3n) is 3.06. The molecule has 20 heavy (non-hydrogen) atoms. The molecule has 0 N–H and O–H groups in total. The number of hydrogen-bond donors (Lipinski definition) is 0. The summed E-state index contributed by atoms with van der Waals surface area (Å²) < 4.78 is 18.5. The van der Waals surface area contributed by atoms with Gasteiger partial charge in [-0.25, -0.2) is 4.39 Å². The van der Waals surface area contributed by atoms with Gasteiger partial charge in [-0.2, -0.15) is 0 Å². The monoisotopic (exact) mass is 288 g/mol. The molecule has 0 amide bonds. The molecule has 0 aliphatic rings. The number of fused-ring (bicyclic) bond motifs is 1. The van der Waals surface area contributed by atoms with Gasteiger partial charge in [-0.3, -0.25) is 4.79 Å². The molecule has 4 heteroatoms. The fourth-order valence-corrected chi connectivity index (χ4v) is 2.26. The van der Waals surface area contributed by atoms with Crippen LogP contribution in [0.2, 0.25) is 5.02 Å². The van der Waals surface area contributed by atoms with E-state index in [1.54, 1.807) is 24.3 Å². The first-order valence-corrected chi connectivity index (χ1v) is 6.47. The Labute approximate surface area is 119 Å². The van der Waals surface area contributed by atoms with Crippen molar-refractivity contribution >= 4 is 28.4 Å². The summed E-state index contributed by atoms with van der Waals surface area (Å²) in [5, 5.41) is 1.12. The van der Waals surface area contributed by atoms with E-state index in [9.17, 15) is 9.18 Å². The zero-order valence-corrected chi connectivity index (χ0v) is 11.2. The van der Waals surface area contributed by atoms with Gasteiger partial charge in [0.1, 0.15) is 11.4 Å². The zero-order chi connectivity index (χ0) is 14.1. The van der Waals surface area contributed by atoms with Crippen molar-refractivity contribution in [3.63, 3.8) is 0 Å². The molecular weight excluding hydrogens is 279 g/mol. The SMILES string of the molecule is O=C(Cc1ccccc1Cl)c1cc2cc(F)ccc2o1. The van der Waals surface area contributed by atoms with E-state index in [-0.39, 0.29) is 23.8 Å². The van der Waals surface area contributed by atoms with Gasteiger partial charge in [0.25, 0.3) is 0 Å². The molecule has 100 valence electrons. The topological polar surface area (TPSA) is 30.2 Å². The largest absolute Gasteiger partial charge is 0.453 e. The van der Waals surface area contributed by atoms with Crippen molar-refractivity contribution in [2.75, 3.05) is 0 Å². The Kier molecular flexibility index (Phi) is 3.28. The second kappa shape index (κ2) is 5.10. The minimum atomic E-state index is -0.358. The van der Waals surface area contributed by atoms with Crippen molar-refractivity contribution < 1.29 is 13.6 Å². The molecule has 3 aromatic rings. The Morgan fingerprint density at radius 1 is 1.15 bits per heavy atom. The van der Waals surface area contributed by atoms with E-state index >= 15 is 0 Å². The molecule has 0 aliphatic heterocycles. The molecular formula is C16H10ClFO2. The summed E-state index contributed by atoms with van der Waals surface area (Å²) in [5.74, 6) is -0.330. The average Bonchev–Trinajstić information content (AvgIpc) is 2.84. The van der Waals surface area contributed by atoms with Crippen LogP contribution < -0.4 is 0 Å². The highest BCUT2D eigenvalue weighted by Crippen LogP contribution is 2.23. The van der Waals surface area contributed by atoms with Gasteiger partial charge in [0.2, 0.25) is 5.78 Å². The van der Waals surface area contributed by atoms with Crippen molar-refractivity contribution in [2.24, 2.45) is 0 Å². The highest BCUT2D eigenvalue weighted by Gasteiger charge is 2.14. The van der Waals surface area contributed by atoms with Gasteiger partial charge in [0.15, 0.2) is 5.76 Å². The Bertz CT molecular complexity index is 792. The molecule has 0 unspecified atom stereocenters. The number of halogens is 2. The van der Waals surface area contributed by atoms with Crippen LogP contribution in [0.25, 0.3) is 11.0 Å². The molecule has 3 rings (SSSR count). The number of carbonyl (C=O) groups excluding carboxylic acids is 1. The van der Waals surface area contributed by atoms with Crippen molar-refractivity contribution in [3.05, 3.63) is 70.7 Å². The first-order valence-electron chi connectivity index (χ1n) is 6.09. The van der Waals surface area contributed by atoms with E-state index in [4.69, 9.17) is 16.0 Å². The van der Waals surface area contributed by atoms with Crippen LogP contribution in [0.5, 0.6) is 0 Å². The van der Waals surface area contributed by atoms with Gasteiger partial charge in [0, 0.05) is 16.8 Å². The second-order valence-electron chi connectivity index (χ2n) is 4.48. The average molecular weight is 289 g/mol. The van der Waals surface area contributed by atoms with E-state index < -0.39 is 0 Å². The Morgan fingerprint density at radius 3 is 2.75 bits per heavy atom. The van der Waals surface area contributed by atoms with Crippen LogP contribution in [0, 0.1) is 5.82 Å². The summed E-state index contributed by atoms with van der Waals surface area (Å²) in [5.41, 5.74) is 1.24. The summed E-state index contributed by atoms with van der Waals surface area (Å²) in [6.07, 6.45) is 0.155. The molecule has 1 heterocycles. The van der Waals surface area contributed by atoms with Crippen LogP contribution in [-0.4, -0.2) is 5.78 Å². The van der Waals surface area contributed by atoms with Gasteiger partial charge in [-0.1, -0.05) is 29.8 Å². The number of benzene rings is 2. The second-order valence-corrected chi connectivity index (χ2v) is 4.89. The van der Waals surface area contributed by atoms with Crippen LogP contribution in [0.3, 0.4) is 0 Å². The lowest BCUT2D eigenvalue weighted by Gasteiger charge is -2.01. The summed E-state index contributed by atoms with van der Waals surface area (Å²) in [6, 6.07) is 12.9. The highest BCUT2D eigenvalue weighted by atomic mass is 35.5. The van der Waals surface area contributed by atoms with E-state index in [2.05, 4.69) is 0 Å². The maximum Gasteiger partial charge on any atom is 0.202 e. The minimum Gasteiger partial charge on any atom is -0.453 e. The molecule has 2 aromatic carbocycles.